The number of hydrogen-bond donors (Lipinski definition) is 0. The van der Waals surface area contributed by atoms with Gasteiger partial charge in [-0.1, -0.05) is 25.8 Å². The van der Waals surface area contributed by atoms with Gasteiger partial charge in [-0.25, -0.2) is 0 Å². The fraction of sp³-hybridized carbons (Fsp3) is 0.571. The molecular weight excluding hydrogens is 116 g/mol. The molecule has 0 nitrogen and oxygen atoms in total. The van der Waals surface area contributed by atoms with E-state index < -0.39 is 0 Å². The van der Waals surface area contributed by atoms with Gasteiger partial charge in [-0.15, -0.1) is 0 Å². The minimum absolute atomic E-state index is 0.233. The fourth-order valence-corrected chi connectivity index (χ4v) is 0.874. The molecule has 0 bridgehead atoms. The lowest BCUT2D eigenvalue weighted by Crippen LogP contribution is -1.74. The molecule has 1 atom stereocenters. The lowest BCUT2D eigenvalue weighted by molar-refractivity contribution is 0.834. The summed E-state index contributed by atoms with van der Waals surface area (Å²) in [5, 5.41) is 2.16. The topological polar surface area (TPSA) is 0 Å². The molecule has 0 N–H and O–H groups in total. The Labute approximate surface area is 54.5 Å². The minimum Gasteiger partial charge on any atom is -0.173 e. The van der Waals surface area contributed by atoms with E-state index in [1.165, 1.54) is 0 Å². The van der Waals surface area contributed by atoms with Crippen LogP contribution in [-0.2, 0) is 0 Å². The first-order chi connectivity index (χ1) is 3.63. The maximum absolute atomic E-state index is 3.85. The van der Waals surface area contributed by atoms with Gasteiger partial charge in [-0.05, 0) is 17.6 Å². The van der Waals surface area contributed by atoms with E-state index >= 15 is 0 Å². The molecule has 0 heterocycles. The molecule has 8 heavy (non-hydrogen) atoms. The average Bonchev–Trinajstić information content (AvgIpc) is 1.61. The summed E-state index contributed by atoms with van der Waals surface area (Å²) in [5.41, 5.74) is 0. The van der Waals surface area contributed by atoms with E-state index in [9.17, 15) is 0 Å². The normalized spacial score (nSPS) is 15.5. The third kappa shape index (κ3) is 5.96. The standard InChI is InChI=1S/C7H14S/c1-7(2)5-6-8(3)4/h5-7H,3H2,1-2,4H3/b6-5+. The van der Waals surface area contributed by atoms with Crippen molar-refractivity contribution < 1.29 is 0 Å². The van der Waals surface area contributed by atoms with Crippen LogP contribution in [0.25, 0.3) is 0 Å². The Morgan fingerprint density at radius 2 is 2.00 bits per heavy atom. The quantitative estimate of drug-likeness (QED) is 0.504. The molecule has 0 aromatic carbocycles. The molecular formula is C7H14S. The summed E-state index contributed by atoms with van der Waals surface area (Å²) in [6.45, 7) is 4.34. The molecule has 0 saturated heterocycles. The van der Waals surface area contributed by atoms with Crippen LogP contribution in [0.15, 0.2) is 11.5 Å². The highest BCUT2D eigenvalue weighted by molar-refractivity contribution is 8.16. The van der Waals surface area contributed by atoms with Crippen molar-refractivity contribution >= 4 is 16.4 Å². The van der Waals surface area contributed by atoms with Crippen LogP contribution in [0.2, 0.25) is 0 Å². The Hall–Kier alpha value is -0.0400. The maximum Gasteiger partial charge on any atom is -0.0201 e. The fourth-order valence-electron chi connectivity index (χ4n) is 0.291. The Balaban J connectivity index is 3.50. The summed E-state index contributed by atoms with van der Waals surface area (Å²) in [5.74, 6) is 4.52. The molecule has 0 amide bonds. The lowest BCUT2D eigenvalue weighted by atomic mass is 10.2. The molecule has 1 heteroatoms. The van der Waals surface area contributed by atoms with Crippen LogP contribution in [0.5, 0.6) is 0 Å². The largest absolute Gasteiger partial charge is 0.173 e. The Bertz CT molecular complexity index is 101. The van der Waals surface area contributed by atoms with Gasteiger partial charge in [-0.3, -0.25) is 0 Å². The van der Waals surface area contributed by atoms with Crippen LogP contribution >= 0.6 is 10.5 Å². The predicted molar refractivity (Wildman–Crippen MR) is 44.6 cm³/mol. The summed E-state index contributed by atoms with van der Waals surface area (Å²) in [6, 6.07) is 0. The van der Waals surface area contributed by atoms with Gasteiger partial charge in [0.15, 0.2) is 0 Å². The highest BCUT2D eigenvalue weighted by atomic mass is 32.2. The second kappa shape index (κ2) is 3.90. The second-order valence-electron chi connectivity index (χ2n) is 2.26. The summed E-state index contributed by atoms with van der Waals surface area (Å²) in [4.78, 5) is 0. The van der Waals surface area contributed by atoms with Crippen LogP contribution in [0, 0.1) is 5.92 Å². The van der Waals surface area contributed by atoms with E-state index in [4.69, 9.17) is 0 Å². The molecule has 0 aromatic rings. The molecule has 0 saturated carbocycles. The van der Waals surface area contributed by atoms with Crippen molar-refractivity contribution in [3.63, 3.8) is 0 Å². The zero-order valence-corrected chi connectivity index (χ0v) is 6.66. The van der Waals surface area contributed by atoms with Crippen LogP contribution < -0.4 is 0 Å². The second-order valence-corrected chi connectivity index (χ2v) is 3.92. The number of hydrogen-bond acceptors (Lipinski definition) is 0. The van der Waals surface area contributed by atoms with E-state index in [1.807, 2.05) is 0 Å². The molecule has 0 rings (SSSR count). The van der Waals surface area contributed by atoms with Crippen LogP contribution in [-0.4, -0.2) is 12.1 Å². The number of allylic oxidation sites excluding steroid dienone is 1. The predicted octanol–water partition coefficient (Wildman–Crippen LogP) is 2.49. The van der Waals surface area contributed by atoms with E-state index in [-0.39, 0.29) is 10.5 Å². The molecule has 48 valence electrons. The van der Waals surface area contributed by atoms with Gasteiger partial charge >= 0.3 is 0 Å². The molecule has 0 aromatic heterocycles. The van der Waals surface area contributed by atoms with Gasteiger partial charge in [0.1, 0.15) is 0 Å². The minimum atomic E-state index is 0.233. The first-order valence-electron chi connectivity index (χ1n) is 2.75. The monoisotopic (exact) mass is 130 g/mol. The van der Waals surface area contributed by atoms with Crippen molar-refractivity contribution in [1.29, 1.82) is 0 Å². The zero-order valence-electron chi connectivity index (χ0n) is 5.85. The molecule has 0 fully saturated rings. The zero-order chi connectivity index (χ0) is 6.57. The summed E-state index contributed by atoms with van der Waals surface area (Å²) >= 11 is 0. The van der Waals surface area contributed by atoms with Crippen molar-refractivity contribution in [2.24, 2.45) is 5.92 Å². The molecule has 0 aliphatic rings. The number of rotatable bonds is 2. The lowest BCUT2D eigenvalue weighted by Gasteiger charge is -1.92. The van der Waals surface area contributed by atoms with Gasteiger partial charge in [0.2, 0.25) is 0 Å². The Morgan fingerprint density at radius 3 is 2.12 bits per heavy atom. The molecule has 0 radical (unpaired) electrons. The van der Waals surface area contributed by atoms with Gasteiger partial charge < -0.3 is 0 Å². The summed E-state index contributed by atoms with van der Waals surface area (Å²) < 4.78 is 0. The van der Waals surface area contributed by atoms with Crippen molar-refractivity contribution in [1.82, 2.24) is 0 Å². The van der Waals surface area contributed by atoms with Crippen molar-refractivity contribution in [2.75, 3.05) is 6.26 Å². The highest BCUT2D eigenvalue weighted by Crippen LogP contribution is 2.06. The van der Waals surface area contributed by atoms with Gasteiger partial charge in [0.25, 0.3) is 0 Å². The van der Waals surface area contributed by atoms with Crippen LogP contribution in [0.1, 0.15) is 13.8 Å². The van der Waals surface area contributed by atoms with Gasteiger partial charge in [0, 0.05) is 0 Å². The molecule has 0 aliphatic carbocycles. The third-order valence-electron chi connectivity index (χ3n) is 0.696. The van der Waals surface area contributed by atoms with Gasteiger partial charge in [-0.2, -0.15) is 10.5 Å². The Morgan fingerprint density at radius 1 is 1.50 bits per heavy atom. The summed E-state index contributed by atoms with van der Waals surface area (Å²) in [7, 11) is 0.233. The van der Waals surface area contributed by atoms with E-state index in [2.05, 4.69) is 37.5 Å². The van der Waals surface area contributed by atoms with Crippen LogP contribution in [0.3, 0.4) is 0 Å². The highest BCUT2D eigenvalue weighted by Gasteiger charge is 1.80. The molecule has 0 aliphatic heterocycles. The van der Waals surface area contributed by atoms with Crippen LogP contribution in [0.4, 0.5) is 0 Å². The smallest absolute Gasteiger partial charge is 0.0201 e. The van der Waals surface area contributed by atoms with Crippen molar-refractivity contribution in [3.05, 3.63) is 11.5 Å². The third-order valence-corrected chi connectivity index (χ3v) is 1.32. The first kappa shape index (κ1) is 7.96. The molecule has 0 spiro atoms. The van der Waals surface area contributed by atoms with E-state index in [1.54, 1.807) is 0 Å². The Kier molecular flexibility index (Phi) is 3.88. The van der Waals surface area contributed by atoms with Crippen molar-refractivity contribution in [2.45, 2.75) is 13.8 Å². The molecule has 1 unspecified atom stereocenters. The van der Waals surface area contributed by atoms with E-state index in [0.717, 1.165) is 0 Å². The van der Waals surface area contributed by atoms with Gasteiger partial charge in [0.05, 0.1) is 0 Å². The van der Waals surface area contributed by atoms with E-state index in [0.29, 0.717) is 5.92 Å². The van der Waals surface area contributed by atoms with Crippen molar-refractivity contribution in [3.8, 4) is 0 Å². The first-order valence-corrected chi connectivity index (χ1v) is 4.62. The SMILES string of the molecule is C=S(C)/C=C/C(C)C. The summed E-state index contributed by atoms with van der Waals surface area (Å²) in [6.07, 6.45) is 4.30. The maximum atomic E-state index is 3.85. The average molecular weight is 130 g/mol.